The summed E-state index contributed by atoms with van der Waals surface area (Å²) in [5.41, 5.74) is 6.16. The number of carbonyl (C=O) groups is 1. The van der Waals surface area contributed by atoms with Crippen molar-refractivity contribution in [1.29, 1.82) is 0 Å². The first-order valence-corrected chi connectivity index (χ1v) is 6.15. The number of halogens is 2. The van der Waals surface area contributed by atoms with Crippen LogP contribution < -0.4 is 10.6 Å². The Kier molecular flexibility index (Phi) is 3.98. The SMILES string of the molecule is CCN(C(=O)c1ccc(N)cc1F)c1ccc(F)cc1. The number of carbonyl (C=O) groups excluding carboxylic acids is 1. The van der Waals surface area contributed by atoms with Gasteiger partial charge in [-0.2, -0.15) is 0 Å². The zero-order chi connectivity index (χ0) is 14.7. The number of nitrogen functional groups attached to an aromatic ring is 1. The minimum absolute atomic E-state index is 0.0645. The van der Waals surface area contributed by atoms with Crippen LogP contribution in [0.3, 0.4) is 0 Å². The number of anilines is 2. The highest BCUT2D eigenvalue weighted by atomic mass is 19.1. The van der Waals surface area contributed by atoms with Crippen molar-refractivity contribution >= 4 is 17.3 Å². The zero-order valence-electron chi connectivity index (χ0n) is 10.9. The highest BCUT2D eigenvalue weighted by Crippen LogP contribution is 2.20. The molecule has 0 fully saturated rings. The summed E-state index contributed by atoms with van der Waals surface area (Å²) < 4.78 is 26.7. The van der Waals surface area contributed by atoms with Crippen LogP contribution in [0.2, 0.25) is 0 Å². The zero-order valence-corrected chi connectivity index (χ0v) is 10.9. The Labute approximate surface area is 115 Å². The summed E-state index contributed by atoms with van der Waals surface area (Å²) in [6, 6.07) is 9.38. The van der Waals surface area contributed by atoms with E-state index in [2.05, 4.69) is 0 Å². The van der Waals surface area contributed by atoms with Crippen molar-refractivity contribution in [2.75, 3.05) is 17.2 Å². The topological polar surface area (TPSA) is 46.3 Å². The molecule has 0 saturated carbocycles. The lowest BCUT2D eigenvalue weighted by atomic mass is 10.1. The molecule has 0 aliphatic carbocycles. The average Bonchev–Trinajstić information content (AvgIpc) is 2.41. The van der Waals surface area contributed by atoms with Gasteiger partial charge in [-0.25, -0.2) is 8.78 Å². The van der Waals surface area contributed by atoms with Gasteiger partial charge in [0, 0.05) is 17.9 Å². The van der Waals surface area contributed by atoms with Gasteiger partial charge in [-0.05, 0) is 49.4 Å². The van der Waals surface area contributed by atoms with Crippen LogP contribution in [0, 0.1) is 11.6 Å². The summed E-state index contributed by atoms with van der Waals surface area (Å²) in [6.07, 6.45) is 0. The van der Waals surface area contributed by atoms with Crippen LogP contribution in [0.25, 0.3) is 0 Å². The first kappa shape index (κ1) is 14.0. The fourth-order valence-electron chi connectivity index (χ4n) is 1.91. The van der Waals surface area contributed by atoms with Gasteiger partial charge in [0.1, 0.15) is 11.6 Å². The second-order valence-electron chi connectivity index (χ2n) is 4.27. The van der Waals surface area contributed by atoms with Crippen molar-refractivity contribution in [1.82, 2.24) is 0 Å². The number of nitrogens with two attached hydrogens (primary N) is 1. The molecule has 20 heavy (non-hydrogen) atoms. The lowest BCUT2D eigenvalue weighted by Crippen LogP contribution is -2.31. The first-order valence-electron chi connectivity index (χ1n) is 6.15. The summed E-state index contributed by atoms with van der Waals surface area (Å²) in [5.74, 6) is -1.55. The molecular formula is C15H14F2N2O. The van der Waals surface area contributed by atoms with Gasteiger partial charge in [-0.1, -0.05) is 0 Å². The van der Waals surface area contributed by atoms with Gasteiger partial charge in [0.2, 0.25) is 0 Å². The normalized spacial score (nSPS) is 10.3. The van der Waals surface area contributed by atoms with E-state index in [-0.39, 0.29) is 11.3 Å². The van der Waals surface area contributed by atoms with Crippen LogP contribution in [-0.2, 0) is 0 Å². The molecule has 5 heteroatoms. The molecule has 0 aromatic heterocycles. The molecule has 0 bridgehead atoms. The molecule has 0 spiro atoms. The van der Waals surface area contributed by atoms with Crippen LogP contribution >= 0.6 is 0 Å². The molecule has 0 heterocycles. The van der Waals surface area contributed by atoms with E-state index >= 15 is 0 Å². The minimum atomic E-state index is -0.671. The second-order valence-corrected chi connectivity index (χ2v) is 4.27. The molecule has 2 N–H and O–H groups in total. The third kappa shape index (κ3) is 2.77. The largest absolute Gasteiger partial charge is 0.399 e. The lowest BCUT2D eigenvalue weighted by Gasteiger charge is -2.21. The fraction of sp³-hybridized carbons (Fsp3) is 0.133. The van der Waals surface area contributed by atoms with Gasteiger partial charge in [0.05, 0.1) is 5.56 Å². The monoisotopic (exact) mass is 276 g/mol. The Balaban J connectivity index is 2.36. The summed E-state index contributed by atoms with van der Waals surface area (Å²) >= 11 is 0. The van der Waals surface area contributed by atoms with E-state index in [1.807, 2.05) is 0 Å². The summed E-state index contributed by atoms with van der Waals surface area (Å²) in [7, 11) is 0. The summed E-state index contributed by atoms with van der Waals surface area (Å²) in [4.78, 5) is 13.7. The molecule has 0 radical (unpaired) electrons. The quantitative estimate of drug-likeness (QED) is 0.875. The van der Waals surface area contributed by atoms with Crippen molar-refractivity contribution in [2.45, 2.75) is 6.92 Å². The Morgan fingerprint density at radius 3 is 2.35 bits per heavy atom. The molecule has 0 unspecified atom stereocenters. The number of benzene rings is 2. The maximum Gasteiger partial charge on any atom is 0.261 e. The van der Waals surface area contributed by atoms with Crippen molar-refractivity contribution in [3.63, 3.8) is 0 Å². The summed E-state index contributed by atoms with van der Waals surface area (Å²) in [6.45, 7) is 2.10. The predicted octanol–water partition coefficient (Wildman–Crippen LogP) is 3.21. The van der Waals surface area contributed by atoms with Gasteiger partial charge in [-0.15, -0.1) is 0 Å². The summed E-state index contributed by atoms with van der Waals surface area (Å²) in [5, 5.41) is 0. The first-order chi connectivity index (χ1) is 9.52. The third-order valence-corrected chi connectivity index (χ3v) is 2.92. The van der Waals surface area contributed by atoms with Crippen LogP contribution in [0.1, 0.15) is 17.3 Å². The van der Waals surface area contributed by atoms with Crippen LogP contribution in [0.5, 0.6) is 0 Å². The maximum absolute atomic E-state index is 13.8. The lowest BCUT2D eigenvalue weighted by molar-refractivity contribution is 0.0984. The van der Waals surface area contributed by atoms with Crippen molar-refractivity contribution < 1.29 is 13.6 Å². The van der Waals surface area contributed by atoms with Crippen molar-refractivity contribution in [3.8, 4) is 0 Å². The molecule has 104 valence electrons. The smallest absolute Gasteiger partial charge is 0.261 e. The van der Waals surface area contributed by atoms with Gasteiger partial charge < -0.3 is 10.6 Å². The molecule has 0 aliphatic rings. The molecular weight excluding hydrogens is 262 g/mol. The van der Waals surface area contributed by atoms with E-state index in [1.54, 1.807) is 6.92 Å². The van der Waals surface area contributed by atoms with Gasteiger partial charge >= 0.3 is 0 Å². The Hall–Kier alpha value is -2.43. The van der Waals surface area contributed by atoms with Crippen molar-refractivity contribution in [3.05, 3.63) is 59.7 Å². The number of nitrogens with zero attached hydrogens (tertiary/aromatic N) is 1. The molecule has 3 nitrogen and oxygen atoms in total. The van der Waals surface area contributed by atoms with E-state index in [9.17, 15) is 13.6 Å². The molecule has 0 saturated heterocycles. The second kappa shape index (κ2) is 5.69. The molecule has 0 atom stereocenters. The standard InChI is InChI=1S/C15H14F2N2O/c1-2-19(12-6-3-10(16)4-7-12)15(20)13-8-5-11(18)9-14(13)17/h3-9H,2,18H2,1H3. The molecule has 0 aliphatic heterocycles. The number of rotatable bonds is 3. The van der Waals surface area contributed by atoms with E-state index in [0.717, 1.165) is 6.07 Å². The van der Waals surface area contributed by atoms with E-state index in [0.29, 0.717) is 12.2 Å². The minimum Gasteiger partial charge on any atom is -0.399 e. The van der Waals surface area contributed by atoms with Crippen molar-refractivity contribution in [2.24, 2.45) is 0 Å². The number of hydrogen-bond acceptors (Lipinski definition) is 2. The maximum atomic E-state index is 13.8. The van der Waals surface area contributed by atoms with Crippen LogP contribution in [0.4, 0.5) is 20.2 Å². The molecule has 1 amide bonds. The van der Waals surface area contributed by atoms with Crippen LogP contribution in [-0.4, -0.2) is 12.5 Å². The number of amides is 1. The Morgan fingerprint density at radius 2 is 1.80 bits per heavy atom. The Morgan fingerprint density at radius 1 is 1.15 bits per heavy atom. The molecule has 2 rings (SSSR count). The predicted molar refractivity (Wildman–Crippen MR) is 74.6 cm³/mol. The van der Waals surface area contributed by atoms with Gasteiger partial charge in [0.15, 0.2) is 0 Å². The number of hydrogen-bond donors (Lipinski definition) is 1. The van der Waals surface area contributed by atoms with Gasteiger partial charge in [0.25, 0.3) is 5.91 Å². The average molecular weight is 276 g/mol. The van der Waals surface area contributed by atoms with Gasteiger partial charge in [-0.3, -0.25) is 4.79 Å². The Bertz CT molecular complexity index is 626. The van der Waals surface area contributed by atoms with E-state index in [1.165, 1.54) is 41.3 Å². The van der Waals surface area contributed by atoms with Crippen LogP contribution in [0.15, 0.2) is 42.5 Å². The molecule has 2 aromatic rings. The molecule has 2 aromatic carbocycles. The third-order valence-electron chi connectivity index (χ3n) is 2.92. The highest BCUT2D eigenvalue weighted by Gasteiger charge is 2.19. The van der Waals surface area contributed by atoms with E-state index in [4.69, 9.17) is 5.73 Å². The van der Waals surface area contributed by atoms with E-state index < -0.39 is 17.5 Å². The fourth-order valence-corrected chi connectivity index (χ4v) is 1.91. The highest BCUT2D eigenvalue weighted by molar-refractivity contribution is 6.06.